The maximum absolute atomic E-state index is 13.5. The van der Waals surface area contributed by atoms with E-state index in [1.165, 1.54) is 18.2 Å². The Hall–Kier alpha value is -3.90. The highest BCUT2D eigenvalue weighted by molar-refractivity contribution is 7.90. The fourth-order valence-electron chi connectivity index (χ4n) is 5.11. The maximum Gasteiger partial charge on any atom is 0.329 e. The Kier molecular flexibility index (Phi) is 9.31. The highest BCUT2D eigenvalue weighted by atomic mass is 35.5. The van der Waals surface area contributed by atoms with Gasteiger partial charge in [-0.25, -0.2) is 13.2 Å². The van der Waals surface area contributed by atoms with Crippen LogP contribution in [0.2, 0.25) is 10.0 Å². The number of aliphatic hydroxyl groups is 1. The number of halogens is 2. The van der Waals surface area contributed by atoms with Crippen molar-refractivity contribution in [1.82, 2.24) is 10.2 Å². The van der Waals surface area contributed by atoms with Crippen molar-refractivity contribution in [3.63, 3.8) is 0 Å². The lowest BCUT2D eigenvalue weighted by atomic mass is 9.95. The Bertz CT molecular complexity index is 1870. The van der Waals surface area contributed by atoms with Gasteiger partial charge in [-0.3, -0.25) is 9.59 Å². The first-order valence-corrected chi connectivity index (χ1v) is 16.2. The van der Waals surface area contributed by atoms with Crippen molar-refractivity contribution in [3.05, 3.63) is 98.7 Å². The van der Waals surface area contributed by atoms with E-state index >= 15 is 0 Å². The van der Waals surface area contributed by atoms with Crippen LogP contribution >= 0.6 is 23.2 Å². The molecule has 1 aliphatic rings. The van der Waals surface area contributed by atoms with Crippen molar-refractivity contribution in [3.8, 4) is 0 Å². The maximum atomic E-state index is 13.5. The van der Waals surface area contributed by atoms with Gasteiger partial charge in [0.1, 0.15) is 18.2 Å². The van der Waals surface area contributed by atoms with Crippen LogP contribution < -0.4 is 5.32 Å². The second-order valence-electron chi connectivity index (χ2n) is 10.4. The molecular formula is C31H28Cl2N2O8S. The van der Waals surface area contributed by atoms with E-state index in [1.54, 1.807) is 35.4 Å². The average Bonchev–Trinajstić information content (AvgIpc) is 3.46. The molecule has 44 heavy (non-hydrogen) atoms. The molecular weight excluding hydrogens is 631 g/mol. The lowest BCUT2D eigenvalue weighted by Crippen LogP contribution is -2.44. The molecule has 0 unspecified atom stereocenters. The van der Waals surface area contributed by atoms with Gasteiger partial charge in [-0.05, 0) is 59.5 Å². The van der Waals surface area contributed by atoms with E-state index in [9.17, 15) is 22.8 Å². The van der Waals surface area contributed by atoms with Crippen LogP contribution in [-0.4, -0.2) is 68.3 Å². The number of rotatable bonds is 9. The van der Waals surface area contributed by atoms with Crippen molar-refractivity contribution >= 4 is 61.8 Å². The minimum absolute atomic E-state index is 0.0269. The number of carbonyl (C=O) groups excluding carboxylic acids is 3. The topological polar surface area (TPSA) is 143 Å². The van der Waals surface area contributed by atoms with Crippen molar-refractivity contribution in [2.75, 3.05) is 26.0 Å². The number of ether oxygens (including phenoxy) is 1. The monoisotopic (exact) mass is 658 g/mol. The molecule has 3 aromatic carbocycles. The number of fused-ring (bicyclic) bond motifs is 2. The summed E-state index contributed by atoms with van der Waals surface area (Å²) in [6, 6.07) is 13.4. The van der Waals surface area contributed by atoms with Gasteiger partial charge in [0.05, 0.1) is 33.4 Å². The molecule has 1 aromatic heterocycles. The summed E-state index contributed by atoms with van der Waals surface area (Å²) in [5.74, 6) is -1.75. The summed E-state index contributed by atoms with van der Waals surface area (Å²) < 4.78 is 34.5. The zero-order chi connectivity index (χ0) is 31.6. The molecule has 5 rings (SSSR count). The smallest absolute Gasteiger partial charge is 0.329 e. The molecule has 0 aliphatic carbocycles. The summed E-state index contributed by atoms with van der Waals surface area (Å²) in [4.78, 5) is 41.4. The molecule has 13 heteroatoms. The number of nitrogens with one attached hydrogen (secondary N) is 1. The second-order valence-corrected chi connectivity index (χ2v) is 13.2. The van der Waals surface area contributed by atoms with Crippen LogP contribution in [0.1, 0.15) is 37.4 Å². The van der Waals surface area contributed by atoms with E-state index in [1.807, 2.05) is 12.1 Å². The standard InChI is InChI=1S/C31H28Cl2N2O8S/c1-44(40,41)22-4-2-3-18(13-22)14-25(31(39)43-12-10-36)34-29(37)27-24(32)15-21-17-35(9-7-23(21)28(27)33)30(38)20-6-5-19-8-11-42-26(19)16-20/h2-6,8,11,13,15-16,25,36H,7,9-10,12,14,17H2,1H3,(H,34,37)/t25-/m0/s1. The highest BCUT2D eigenvalue weighted by Crippen LogP contribution is 2.35. The Morgan fingerprint density at radius 3 is 2.66 bits per heavy atom. The number of aliphatic hydroxyl groups excluding tert-OH is 1. The molecule has 230 valence electrons. The minimum Gasteiger partial charge on any atom is -0.464 e. The van der Waals surface area contributed by atoms with Gasteiger partial charge in [0.25, 0.3) is 11.8 Å². The van der Waals surface area contributed by atoms with E-state index in [0.717, 1.165) is 11.6 Å². The molecule has 0 bridgehead atoms. The number of benzene rings is 3. The first-order valence-electron chi connectivity index (χ1n) is 13.6. The third kappa shape index (κ3) is 6.76. The zero-order valence-electron chi connectivity index (χ0n) is 23.5. The fraction of sp³-hybridized carbons (Fsp3) is 0.258. The third-order valence-electron chi connectivity index (χ3n) is 7.31. The Balaban J connectivity index is 1.37. The number of hydrogen-bond donors (Lipinski definition) is 2. The number of carbonyl (C=O) groups is 3. The molecule has 2 N–H and O–H groups in total. The summed E-state index contributed by atoms with van der Waals surface area (Å²) in [6.07, 6.45) is 2.89. The first-order chi connectivity index (χ1) is 21.0. The predicted molar refractivity (Wildman–Crippen MR) is 164 cm³/mol. The molecule has 0 spiro atoms. The van der Waals surface area contributed by atoms with Crippen LogP contribution in [0.15, 0.2) is 70.2 Å². The van der Waals surface area contributed by atoms with Crippen LogP contribution in [0.3, 0.4) is 0 Å². The molecule has 0 radical (unpaired) electrons. The predicted octanol–water partition coefficient (Wildman–Crippen LogP) is 4.22. The number of hydrogen-bond acceptors (Lipinski definition) is 8. The van der Waals surface area contributed by atoms with Gasteiger partial charge in [-0.2, -0.15) is 0 Å². The van der Waals surface area contributed by atoms with Gasteiger partial charge in [0.2, 0.25) is 0 Å². The number of furan rings is 1. The fourth-order valence-corrected chi connectivity index (χ4v) is 6.57. The van der Waals surface area contributed by atoms with Gasteiger partial charge in [0.15, 0.2) is 9.84 Å². The summed E-state index contributed by atoms with van der Waals surface area (Å²) in [5.41, 5.74) is 2.85. The normalized spacial score (nSPS) is 13.8. The van der Waals surface area contributed by atoms with Crippen molar-refractivity contribution in [1.29, 1.82) is 0 Å². The summed E-state index contributed by atoms with van der Waals surface area (Å²) in [6.45, 7) is -0.148. The zero-order valence-corrected chi connectivity index (χ0v) is 25.8. The number of sulfone groups is 1. The average molecular weight is 660 g/mol. The van der Waals surface area contributed by atoms with Crippen molar-refractivity contribution < 1.29 is 37.1 Å². The van der Waals surface area contributed by atoms with E-state index in [2.05, 4.69) is 5.32 Å². The Morgan fingerprint density at radius 1 is 1.11 bits per heavy atom. The SMILES string of the molecule is CS(=O)(=O)c1cccc(C[C@H](NC(=O)c2c(Cl)cc3c(c2Cl)CCN(C(=O)c2ccc4ccoc4c2)C3)C(=O)OCCO)c1. The lowest BCUT2D eigenvalue weighted by Gasteiger charge is -2.30. The molecule has 2 amide bonds. The van der Waals surface area contributed by atoms with Gasteiger partial charge >= 0.3 is 5.97 Å². The Morgan fingerprint density at radius 2 is 1.91 bits per heavy atom. The summed E-state index contributed by atoms with van der Waals surface area (Å²) >= 11 is 13.3. The quantitative estimate of drug-likeness (QED) is 0.255. The Labute approximate surface area is 263 Å². The number of esters is 1. The van der Waals surface area contributed by atoms with Crippen LogP contribution in [0.5, 0.6) is 0 Å². The molecule has 1 atom stereocenters. The molecule has 1 aliphatic heterocycles. The molecule has 2 heterocycles. The van der Waals surface area contributed by atoms with E-state index in [0.29, 0.717) is 40.8 Å². The van der Waals surface area contributed by atoms with Crippen LogP contribution in [0.25, 0.3) is 11.0 Å². The van der Waals surface area contributed by atoms with Crippen LogP contribution in [0, 0.1) is 0 Å². The summed E-state index contributed by atoms with van der Waals surface area (Å²) in [7, 11) is -3.51. The lowest BCUT2D eigenvalue weighted by molar-refractivity contribution is -0.146. The largest absolute Gasteiger partial charge is 0.464 e. The molecule has 4 aromatic rings. The molecule has 10 nitrogen and oxygen atoms in total. The second kappa shape index (κ2) is 13.0. The molecule has 0 saturated carbocycles. The summed E-state index contributed by atoms with van der Waals surface area (Å²) in [5, 5.41) is 12.7. The highest BCUT2D eigenvalue weighted by Gasteiger charge is 2.30. The molecule has 0 saturated heterocycles. The minimum atomic E-state index is -3.51. The van der Waals surface area contributed by atoms with Gasteiger partial charge in [-0.15, -0.1) is 0 Å². The van der Waals surface area contributed by atoms with E-state index in [4.69, 9.17) is 37.5 Å². The van der Waals surface area contributed by atoms with Gasteiger partial charge in [-0.1, -0.05) is 41.4 Å². The van der Waals surface area contributed by atoms with E-state index in [-0.39, 0.29) is 46.0 Å². The number of amides is 2. The van der Waals surface area contributed by atoms with Gasteiger partial charge < -0.3 is 24.5 Å². The van der Waals surface area contributed by atoms with Crippen LogP contribution in [0.4, 0.5) is 0 Å². The van der Waals surface area contributed by atoms with Gasteiger partial charge in [0, 0.05) is 36.7 Å². The molecule has 0 fully saturated rings. The number of nitrogens with zero attached hydrogens (tertiary/aromatic N) is 1. The third-order valence-corrected chi connectivity index (χ3v) is 9.14. The van der Waals surface area contributed by atoms with E-state index < -0.39 is 34.4 Å². The van der Waals surface area contributed by atoms with Crippen molar-refractivity contribution in [2.45, 2.75) is 30.3 Å². The first kappa shape index (κ1) is 31.5. The van der Waals surface area contributed by atoms with Crippen LogP contribution in [-0.2, 0) is 38.8 Å². The van der Waals surface area contributed by atoms with Crippen molar-refractivity contribution in [2.24, 2.45) is 0 Å².